The second-order valence-corrected chi connectivity index (χ2v) is 4.42. The van der Waals surface area contributed by atoms with Gasteiger partial charge >= 0.3 is 5.97 Å². The molecule has 1 rings (SSSR count). The number of carboxylic acid groups (broad SMARTS) is 1. The summed E-state index contributed by atoms with van der Waals surface area (Å²) in [7, 11) is 0. The summed E-state index contributed by atoms with van der Waals surface area (Å²) in [6.45, 7) is -0.0724. The number of ether oxygens (including phenoxy) is 1. The highest BCUT2D eigenvalue weighted by Gasteiger charge is 2.63. The lowest BCUT2D eigenvalue weighted by Crippen LogP contribution is -2.77. The minimum Gasteiger partial charge on any atom is -0.479 e. The standard InChI is InChI=1S/C9H17NO8/c1-8(16,7(14)15)9(17)6(10)5(13)4(12)3(2-11)18-9/h3-6,11-13,16-17H,2,10H2,1H3,(H,14,15)/t3-,4-,5+,6-,8?,9-/m1/s1. The first kappa shape index (κ1) is 15.2. The van der Waals surface area contributed by atoms with E-state index in [0.717, 1.165) is 6.92 Å². The molecule has 1 fully saturated rings. The van der Waals surface area contributed by atoms with Crippen LogP contribution in [0.3, 0.4) is 0 Å². The molecule has 0 amide bonds. The number of aliphatic hydroxyl groups is 5. The molecule has 0 spiro atoms. The highest BCUT2D eigenvalue weighted by molar-refractivity contribution is 5.78. The number of hydrogen-bond acceptors (Lipinski definition) is 8. The van der Waals surface area contributed by atoms with E-state index in [2.05, 4.69) is 0 Å². The molecule has 18 heavy (non-hydrogen) atoms. The second-order valence-electron chi connectivity index (χ2n) is 4.42. The summed E-state index contributed by atoms with van der Waals surface area (Å²) >= 11 is 0. The Hall–Kier alpha value is -0.810. The van der Waals surface area contributed by atoms with E-state index in [1.54, 1.807) is 0 Å². The highest BCUT2D eigenvalue weighted by atomic mass is 16.7. The smallest absolute Gasteiger partial charge is 0.341 e. The van der Waals surface area contributed by atoms with E-state index >= 15 is 0 Å². The largest absolute Gasteiger partial charge is 0.479 e. The summed E-state index contributed by atoms with van der Waals surface area (Å²) in [6.07, 6.45) is -4.86. The van der Waals surface area contributed by atoms with Gasteiger partial charge in [-0.3, -0.25) is 0 Å². The predicted molar refractivity (Wildman–Crippen MR) is 55.2 cm³/mol. The van der Waals surface area contributed by atoms with Crippen LogP contribution >= 0.6 is 0 Å². The number of nitrogens with two attached hydrogens (primary N) is 1. The van der Waals surface area contributed by atoms with Crippen LogP contribution in [0.5, 0.6) is 0 Å². The molecule has 9 heteroatoms. The molecule has 0 aliphatic carbocycles. The third kappa shape index (κ3) is 1.99. The molecule has 1 heterocycles. The third-order valence-corrected chi connectivity index (χ3v) is 3.18. The van der Waals surface area contributed by atoms with Gasteiger partial charge in [0.1, 0.15) is 18.3 Å². The maximum absolute atomic E-state index is 10.9. The van der Waals surface area contributed by atoms with Gasteiger partial charge in [0.25, 0.3) is 0 Å². The van der Waals surface area contributed by atoms with E-state index < -0.39 is 48.3 Å². The average molecular weight is 267 g/mol. The fourth-order valence-electron chi connectivity index (χ4n) is 1.78. The van der Waals surface area contributed by atoms with Crippen molar-refractivity contribution >= 4 is 5.97 Å². The third-order valence-electron chi connectivity index (χ3n) is 3.18. The van der Waals surface area contributed by atoms with Crippen LogP contribution in [-0.4, -0.2) is 79.0 Å². The Morgan fingerprint density at radius 3 is 2.33 bits per heavy atom. The summed E-state index contributed by atoms with van der Waals surface area (Å²) in [5.41, 5.74) is 2.57. The molecule has 0 saturated carbocycles. The van der Waals surface area contributed by atoms with Gasteiger partial charge < -0.3 is 41.1 Å². The van der Waals surface area contributed by atoms with Crippen LogP contribution in [0.15, 0.2) is 0 Å². The zero-order valence-electron chi connectivity index (χ0n) is 9.59. The Bertz CT molecular complexity index is 333. The van der Waals surface area contributed by atoms with Gasteiger partial charge in [0.2, 0.25) is 11.4 Å². The molecule has 0 aromatic rings. The van der Waals surface area contributed by atoms with Gasteiger partial charge in [-0.15, -0.1) is 0 Å². The Morgan fingerprint density at radius 2 is 1.94 bits per heavy atom. The monoisotopic (exact) mass is 267 g/mol. The lowest BCUT2D eigenvalue weighted by molar-refractivity contribution is -0.362. The van der Waals surface area contributed by atoms with Crippen LogP contribution in [0.2, 0.25) is 0 Å². The van der Waals surface area contributed by atoms with Crippen molar-refractivity contribution in [2.24, 2.45) is 5.73 Å². The van der Waals surface area contributed by atoms with E-state index in [0.29, 0.717) is 0 Å². The molecule has 0 aromatic carbocycles. The molecule has 1 unspecified atom stereocenters. The molecule has 106 valence electrons. The van der Waals surface area contributed by atoms with Crippen molar-refractivity contribution in [3.63, 3.8) is 0 Å². The Morgan fingerprint density at radius 1 is 1.44 bits per heavy atom. The van der Waals surface area contributed by atoms with Crippen LogP contribution in [-0.2, 0) is 9.53 Å². The first-order valence-electron chi connectivity index (χ1n) is 5.18. The maximum atomic E-state index is 10.9. The van der Waals surface area contributed by atoms with Gasteiger partial charge in [-0.25, -0.2) is 4.79 Å². The molecule has 8 N–H and O–H groups in total. The number of carboxylic acids is 1. The Kier molecular flexibility index (Phi) is 3.98. The van der Waals surface area contributed by atoms with Crippen molar-refractivity contribution in [2.75, 3.05) is 6.61 Å². The van der Waals surface area contributed by atoms with Crippen molar-refractivity contribution < 1.29 is 40.2 Å². The van der Waals surface area contributed by atoms with Gasteiger partial charge in [0, 0.05) is 0 Å². The van der Waals surface area contributed by atoms with Gasteiger partial charge in [-0.05, 0) is 6.92 Å². The quantitative estimate of drug-likeness (QED) is 0.268. The van der Waals surface area contributed by atoms with Crippen LogP contribution in [0.1, 0.15) is 6.92 Å². The normalized spacial score (nSPS) is 44.4. The van der Waals surface area contributed by atoms with Gasteiger partial charge in [0.05, 0.1) is 12.6 Å². The van der Waals surface area contributed by atoms with Crippen molar-refractivity contribution in [1.29, 1.82) is 0 Å². The summed E-state index contributed by atoms with van der Waals surface area (Å²) in [5.74, 6) is -4.69. The number of rotatable bonds is 3. The highest BCUT2D eigenvalue weighted by Crippen LogP contribution is 2.35. The minimum absolute atomic E-state index is 0.730. The van der Waals surface area contributed by atoms with E-state index in [-0.39, 0.29) is 0 Å². The first-order chi connectivity index (χ1) is 8.09. The van der Waals surface area contributed by atoms with Crippen LogP contribution in [0.4, 0.5) is 0 Å². The lowest BCUT2D eigenvalue weighted by atomic mass is 9.81. The fourth-order valence-corrected chi connectivity index (χ4v) is 1.78. The Labute approximate surface area is 102 Å². The molecule has 0 aromatic heterocycles. The Balaban J connectivity index is 3.17. The molecule has 1 saturated heterocycles. The van der Waals surface area contributed by atoms with Crippen molar-refractivity contribution in [3.05, 3.63) is 0 Å². The van der Waals surface area contributed by atoms with Gasteiger partial charge in [-0.2, -0.15) is 0 Å². The molecule has 0 radical (unpaired) electrons. The second kappa shape index (κ2) is 4.70. The van der Waals surface area contributed by atoms with E-state index in [1.165, 1.54) is 0 Å². The molecular weight excluding hydrogens is 250 g/mol. The number of hydrogen-bond donors (Lipinski definition) is 7. The fraction of sp³-hybridized carbons (Fsp3) is 0.889. The van der Waals surface area contributed by atoms with Gasteiger partial charge in [0.15, 0.2) is 0 Å². The lowest BCUT2D eigenvalue weighted by Gasteiger charge is -2.50. The molecular formula is C9H17NO8. The molecule has 6 atom stereocenters. The van der Waals surface area contributed by atoms with Gasteiger partial charge in [-0.1, -0.05) is 0 Å². The molecule has 9 nitrogen and oxygen atoms in total. The van der Waals surface area contributed by atoms with Crippen molar-refractivity contribution in [3.8, 4) is 0 Å². The van der Waals surface area contributed by atoms with Crippen molar-refractivity contribution in [2.45, 2.75) is 42.7 Å². The first-order valence-corrected chi connectivity index (χ1v) is 5.18. The summed E-state index contributed by atoms with van der Waals surface area (Å²) in [4.78, 5) is 10.9. The predicted octanol–water partition coefficient (Wildman–Crippen LogP) is -4.05. The number of aliphatic carboxylic acids is 1. The summed E-state index contributed by atoms with van der Waals surface area (Å²) < 4.78 is 4.78. The number of carbonyl (C=O) groups is 1. The summed E-state index contributed by atoms with van der Waals surface area (Å²) in [6, 6.07) is -1.78. The zero-order chi connectivity index (χ0) is 14.3. The number of aliphatic hydroxyl groups excluding tert-OH is 3. The average Bonchev–Trinajstić information content (AvgIpc) is 2.30. The van der Waals surface area contributed by atoms with E-state index in [1.807, 2.05) is 0 Å². The maximum Gasteiger partial charge on any atom is 0.341 e. The molecule has 0 bridgehead atoms. The SMILES string of the molecule is CC(O)(C(=O)O)[C@]1(O)O[C@H](CO)[C@@H](O)[C@H](O)[C@H]1N. The zero-order valence-corrected chi connectivity index (χ0v) is 9.59. The van der Waals surface area contributed by atoms with Crippen molar-refractivity contribution in [1.82, 2.24) is 0 Å². The van der Waals surface area contributed by atoms with E-state index in [9.17, 15) is 25.2 Å². The van der Waals surface area contributed by atoms with Crippen LogP contribution in [0, 0.1) is 0 Å². The molecule has 1 aliphatic rings. The summed E-state index contributed by atoms with van der Waals surface area (Å²) in [5, 5.41) is 56.6. The van der Waals surface area contributed by atoms with Crippen LogP contribution in [0.25, 0.3) is 0 Å². The molecule has 1 aliphatic heterocycles. The van der Waals surface area contributed by atoms with E-state index in [4.69, 9.17) is 20.7 Å². The van der Waals surface area contributed by atoms with Crippen LogP contribution < -0.4 is 5.73 Å². The topological polar surface area (TPSA) is 174 Å². The minimum atomic E-state index is -2.86.